The second-order valence-electron chi connectivity index (χ2n) is 7.27. The van der Waals surface area contributed by atoms with Crippen LogP contribution in [0.3, 0.4) is 0 Å². The van der Waals surface area contributed by atoms with Gasteiger partial charge in [0.15, 0.2) is 11.5 Å². The third-order valence-corrected chi connectivity index (χ3v) is 5.48. The van der Waals surface area contributed by atoms with Crippen molar-refractivity contribution >= 4 is 46.9 Å². The predicted octanol–water partition coefficient (Wildman–Crippen LogP) is 5.37. The second kappa shape index (κ2) is 12.1. The highest BCUT2D eigenvalue weighted by atomic mass is 35.5. The van der Waals surface area contributed by atoms with Gasteiger partial charge in [-0.3, -0.25) is 9.59 Å². The first kappa shape index (κ1) is 25.1. The van der Waals surface area contributed by atoms with Crippen LogP contribution in [0.15, 0.2) is 65.8 Å². The van der Waals surface area contributed by atoms with Crippen LogP contribution in [-0.4, -0.2) is 25.1 Å². The SMILES string of the molecule is COc1cc(C=NNC(=O)CC(=O)Nc2ccc(C)c(Cl)c2)ccc1OCc1ccccc1Cl. The van der Waals surface area contributed by atoms with Gasteiger partial charge in [-0.1, -0.05) is 47.5 Å². The van der Waals surface area contributed by atoms with Crippen molar-refractivity contribution in [2.75, 3.05) is 12.4 Å². The summed E-state index contributed by atoms with van der Waals surface area (Å²) < 4.78 is 11.2. The number of rotatable bonds is 9. The third-order valence-electron chi connectivity index (χ3n) is 4.71. The fourth-order valence-corrected chi connectivity index (χ4v) is 3.27. The number of carbonyl (C=O) groups is 2. The number of anilines is 1. The second-order valence-corrected chi connectivity index (χ2v) is 8.09. The number of benzene rings is 3. The smallest absolute Gasteiger partial charge is 0.249 e. The van der Waals surface area contributed by atoms with Crippen molar-refractivity contribution in [2.24, 2.45) is 5.10 Å². The zero-order chi connectivity index (χ0) is 24.5. The molecule has 0 aliphatic heterocycles. The Balaban J connectivity index is 1.52. The molecule has 0 radical (unpaired) electrons. The average Bonchev–Trinajstić information content (AvgIpc) is 2.81. The summed E-state index contributed by atoms with van der Waals surface area (Å²) in [4.78, 5) is 24.1. The van der Waals surface area contributed by atoms with Gasteiger partial charge >= 0.3 is 0 Å². The normalized spacial score (nSPS) is 10.7. The zero-order valence-electron chi connectivity index (χ0n) is 18.6. The van der Waals surface area contributed by atoms with Crippen LogP contribution in [0.4, 0.5) is 5.69 Å². The highest BCUT2D eigenvalue weighted by molar-refractivity contribution is 6.31. The molecule has 0 atom stereocenters. The minimum atomic E-state index is -0.557. The molecule has 3 aromatic carbocycles. The van der Waals surface area contributed by atoms with E-state index in [2.05, 4.69) is 15.8 Å². The lowest BCUT2D eigenvalue weighted by Crippen LogP contribution is -2.24. The van der Waals surface area contributed by atoms with Crippen LogP contribution >= 0.6 is 23.2 Å². The summed E-state index contributed by atoms with van der Waals surface area (Å²) >= 11 is 12.2. The fourth-order valence-electron chi connectivity index (χ4n) is 2.89. The molecule has 3 rings (SSSR count). The largest absolute Gasteiger partial charge is 0.493 e. The quantitative estimate of drug-likeness (QED) is 0.235. The number of hydrogen-bond donors (Lipinski definition) is 2. The summed E-state index contributed by atoms with van der Waals surface area (Å²) in [6.45, 7) is 2.15. The lowest BCUT2D eigenvalue weighted by atomic mass is 10.2. The Bertz CT molecular complexity index is 1210. The molecule has 0 bridgehead atoms. The molecular formula is C25H23Cl2N3O4. The van der Waals surface area contributed by atoms with E-state index in [1.165, 1.54) is 13.3 Å². The molecule has 176 valence electrons. The van der Waals surface area contributed by atoms with Gasteiger partial charge in [-0.15, -0.1) is 0 Å². The summed E-state index contributed by atoms with van der Waals surface area (Å²) in [5.41, 5.74) is 5.26. The monoisotopic (exact) mass is 499 g/mol. The summed E-state index contributed by atoms with van der Waals surface area (Å²) in [7, 11) is 1.53. The molecule has 2 amide bonds. The highest BCUT2D eigenvalue weighted by Crippen LogP contribution is 2.29. The average molecular weight is 500 g/mol. The van der Waals surface area contributed by atoms with E-state index in [1.54, 1.807) is 42.5 Å². The van der Waals surface area contributed by atoms with Crippen LogP contribution in [0, 0.1) is 6.92 Å². The summed E-state index contributed by atoms with van der Waals surface area (Å²) in [6.07, 6.45) is 1.05. The van der Waals surface area contributed by atoms with Gasteiger partial charge in [0, 0.05) is 21.3 Å². The standard InChI is InChI=1S/C25H23Cl2N3O4/c1-16-7-9-19(12-21(16)27)29-24(31)13-25(32)30-28-14-17-8-10-22(23(11-17)33-2)34-15-18-5-3-4-6-20(18)26/h3-12,14H,13,15H2,1-2H3,(H,29,31)(H,30,32). The number of nitrogens with one attached hydrogen (secondary N) is 2. The van der Waals surface area contributed by atoms with Crippen LogP contribution in [0.2, 0.25) is 10.0 Å². The molecular weight excluding hydrogens is 477 g/mol. The van der Waals surface area contributed by atoms with Crippen molar-refractivity contribution in [2.45, 2.75) is 20.0 Å². The van der Waals surface area contributed by atoms with Crippen LogP contribution in [-0.2, 0) is 16.2 Å². The van der Waals surface area contributed by atoms with Crippen LogP contribution in [0.25, 0.3) is 0 Å². The predicted molar refractivity (Wildman–Crippen MR) is 134 cm³/mol. The number of aryl methyl sites for hydroxylation is 1. The molecule has 0 saturated carbocycles. The molecule has 0 aliphatic rings. The maximum absolute atomic E-state index is 12.1. The highest BCUT2D eigenvalue weighted by Gasteiger charge is 2.10. The third kappa shape index (κ3) is 7.23. The zero-order valence-corrected chi connectivity index (χ0v) is 20.1. The van der Waals surface area contributed by atoms with E-state index in [4.69, 9.17) is 32.7 Å². The summed E-state index contributed by atoms with van der Waals surface area (Å²) in [5, 5.41) is 7.67. The molecule has 0 aromatic heterocycles. The number of halogens is 2. The molecule has 0 aliphatic carbocycles. The molecule has 0 heterocycles. The Morgan fingerprint density at radius 3 is 2.50 bits per heavy atom. The first-order valence-electron chi connectivity index (χ1n) is 10.3. The Morgan fingerprint density at radius 1 is 0.971 bits per heavy atom. The molecule has 34 heavy (non-hydrogen) atoms. The van der Waals surface area contributed by atoms with Crippen LogP contribution in [0.1, 0.15) is 23.1 Å². The van der Waals surface area contributed by atoms with Crippen LogP contribution < -0.4 is 20.2 Å². The summed E-state index contributed by atoms with van der Waals surface area (Å²) in [6, 6.07) is 17.7. The molecule has 0 fully saturated rings. The van der Waals surface area contributed by atoms with Gasteiger partial charge < -0.3 is 14.8 Å². The first-order chi connectivity index (χ1) is 16.4. The van der Waals surface area contributed by atoms with Crippen molar-refractivity contribution in [3.05, 3.63) is 87.4 Å². The Hall–Kier alpha value is -3.55. The van der Waals surface area contributed by atoms with Gasteiger partial charge in [0.2, 0.25) is 11.8 Å². The van der Waals surface area contributed by atoms with Crippen LogP contribution in [0.5, 0.6) is 11.5 Å². The lowest BCUT2D eigenvalue weighted by Gasteiger charge is -2.12. The van der Waals surface area contributed by atoms with E-state index < -0.39 is 11.8 Å². The Morgan fingerprint density at radius 2 is 1.76 bits per heavy atom. The number of methoxy groups -OCH3 is 1. The number of amides is 2. The fraction of sp³-hybridized carbons (Fsp3) is 0.160. The minimum absolute atomic E-state index is 0.288. The molecule has 0 unspecified atom stereocenters. The van der Waals surface area contributed by atoms with E-state index in [1.807, 2.05) is 25.1 Å². The van der Waals surface area contributed by atoms with E-state index in [0.29, 0.717) is 32.8 Å². The number of hydrazone groups is 1. The van der Waals surface area contributed by atoms with E-state index in [-0.39, 0.29) is 13.0 Å². The topological polar surface area (TPSA) is 89.0 Å². The van der Waals surface area contributed by atoms with Gasteiger partial charge in [-0.05, 0) is 54.4 Å². The lowest BCUT2D eigenvalue weighted by molar-refractivity contribution is -0.126. The van der Waals surface area contributed by atoms with Gasteiger partial charge in [0.1, 0.15) is 13.0 Å². The van der Waals surface area contributed by atoms with Crippen molar-refractivity contribution in [3.8, 4) is 11.5 Å². The molecule has 7 nitrogen and oxygen atoms in total. The maximum Gasteiger partial charge on any atom is 0.249 e. The van der Waals surface area contributed by atoms with E-state index >= 15 is 0 Å². The van der Waals surface area contributed by atoms with E-state index in [0.717, 1.165) is 11.1 Å². The number of nitrogens with zero attached hydrogens (tertiary/aromatic N) is 1. The Kier molecular flexibility index (Phi) is 8.90. The number of carbonyl (C=O) groups excluding carboxylic acids is 2. The van der Waals surface area contributed by atoms with E-state index in [9.17, 15) is 9.59 Å². The van der Waals surface area contributed by atoms with Crippen molar-refractivity contribution < 1.29 is 19.1 Å². The van der Waals surface area contributed by atoms with Crippen molar-refractivity contribution in [1.82, 2.24) is 5.43 Å². The van der Waals surface area contributed by atoms with Gasteiger partial charge in [0.05, 0.1) is 13.3 Å². The Labute approximate surface area is 207 Å². The first-order valence-corrected chi connectivity index (χ1v) is 11.0. The molecule has 2 N–H and O–H groups in total. The molecule has 0 spiro atoms. The molecule has 0 saturated heterocycles. The number of hydrogen-bond acceptors (Lipinski definition) is 5. The summed E-state index contributed by atoms with van der Waals surface area (Å²) in [5.74, 6) is 0.00267. The minimum Gasteiger partial charge on any atom is -0.493 e. The van der Waals surface area contributed by atoms with Crippen molar-refractivity contribution in [3.63, 3.8) is 0 Å². The molecule has 3 aromatic rings. The van der Waals surface area contributed by atoms with Gasteiger partial charge in [-0.2, -0.15) is 5.10 Å². The van der Waals surface area contributed by atoms with Gasteiger partial charge in [-0.25, -0.2) is 5.43 Å². The molecule has 9 heteroatoms. The maximum atomic E-state index is 12.1. The number of ether oxygens (including phenoxy) is 2. The van der Waals surface area contributed by atoms with Gasteiger partial charge in [0.25, 0.3) is 0 Å². The van der Waals surface area contributed by atoms with Crippen molar-refractivity contribution in [1.29, 1.82) is 0 Å².